The molecule has 1 aliphatic heterocycles. The number of ether oxygens (including phenoxy) is 6. The number of nitrogens with one attached hydrogen (secondary N) is 1. The molecular formula is C47H59NO15. The van der Waals surface area contributed by atoms with Crippen LogP contribution in [-0.4, -0.2) is 111 Å². The van der Waals surface area contributed by atoms with Crippen molar-refractivity contribution in [1.82, 2.24) is 5.32 Å². The molecule has 16 heteroatoms. The van der Waals surface area contributed by atoms with Crippen molar-refractivity contribution in [3.8, 4) is 0 Å². The molecule has 3 fully saturated rings. The van der Waals surface area contributed by atoms with Crippen molar-refractivity contribution in [1.29, 1.82) is 0 Å². The highest BCUT2D eigenvalue weighted by molar-refractivity contribution is 5.94. The second-order valence-corrected chi connectivity index (χ2v) is 18.8. The summed E-state index contributed by atoms with van der Waals surface area (Å²) >= 11 is 0. The number of hydrogen-bond acceptors (Lipinski definition) is 15. The summed E-state index contributed by atoms with van der Waals surface area (Å²) in [5.74, 6) is -6.14. The average molecular weight is 878 g/mol. The Hall–Kier alpha value is -5.16. The maximum atomic E-state index is 15.1. The first-order valence-corrected chi connectivity index (χ1v) is 21.3. The Labute approximate surface area is 366 Å². The highest BCUT2D eigenvalue weighted by Crippen LogP contribution is 2.64. The predicted molar refractivity (Wildman–Crippen MR) is 222 cm³/mol. The molecule has 1 saturated heterocycles. The van der Waals surface area contributed by atoms with Crippen LogP contribution in [0.4, 0.5) is 4.79 Å². The number of carbonyl (C=O) groups is 6. The Morgan fingerprint density at radius 3 is 2.13 bits per heavy atom. The molecule has 11 atom stereocenters. The zero-order valence-corrected chi connectivity index (χ0v) is 37.2. The molecule has 1 heterocycles. The largest absolute Gasteiger partial charge is 0.455 e. The van der Waals surface area contributed by atoms with Crippen LogP contribution >= 0.6 is 0 Å². The smallest absolute Gasteiger partial charge is 0.408 e. The van der Waals surface area contributed by atoms with E-state index in [1.165, 1.54) is 26.0 Å². The van der Waals surface area contributed by atoms with E-state index in [1.54, 1.807) is 90.1 Å². The standard InChI is InChI=1S/C47H59NO15/c1-10-17-32(51)60-36(34(27-18-13-11-14-19-27)48-42(56)63-43(4,5)6)41(55)59-29-23-47(57)39(61-40(54)28-20-15-12-16-21-28)37-45(9,38(53)35(52)33(25(29)2)44(47,7)8)30(50)22-31-46(37,24-58-31)62-26(3)49/h11-16,18-21,29-31,34-37,39,50,52,57H,10,17,22-24H2,1-9H3,(H,48,56)/t29-,30?,31+,34?,35?,36-,37+,39+,45?,46?,47?/m0/s1. The fourth-order valence-corrected chi connectivity index (χ4v) is 10.1. The third-order valence-electron chi connectivity index (χ3n) is 13.3. The molecule has 0 aromatic heterocycles. The van der Waals surface area contributed by atoms with E-state index in [2.05, 4.69) is 5.32 Å². The van der Waals surface area contributed by atoms with Crippen molar-refractivity contribution in [2.45, 2.75) is 147 Å². The third kappa shape index (κ3) is 8.50. The highest BCUT2D eigenvalue weighted by Gasteiger charge is 2.78. The number of amides is 1. The minimum atomic E-state index is -2.39. The molecule has 2 bridgehead atoms. The van der Waals surface area contributed by atoms with Gasteiger partial charge < -0.3 is 49.1 Å². The summed E-state index contributed by atoms with van der Waals surface area (Å²) in [6, 6.07) is 14.7. The molecule has 4 N–H and O–H groups in total. The number of aliphatic hydroxyl groups is 3. The fourth-order valence-electron chi connectivity index (χ4n) is 10.1. The van der Waals surface area contributed by atoms with Crippen LogP contribution in [0.15, 0.2) is 71.8 Å². The van der Waals surface area contributed by atoms with Crippen LogP contribution in [0, 0.1) is 16.7 Å². The number of Topliss-reactive ketones (excluding diaryl/α,β-unsaturated/α-hetero) is 1. The molecule has 63 heavy (non-hydrogen) atoms. The molecule has 2 saturated carbocycles. The van der Waals surface area contributed by atoms with E-state index in [0.717, 1.165) is 6.92 Å². The van der Waals surface area contributed by atoms with Crippen molar-refractivity contribution >= 4 is 35.8 Å². The van der Waals surface area contributed by atoms with Crippen LogP contribution in [0.2, 0.25) is 0 Å². The first-order chi connectivity index (χ1) is 29.4. The molecule has 6 rings (SSSR count). The van der Waals surface area contributed by atoms with Gasteiger partial charge >= 0.3 is 30.0 Å². The van der Waals surface area contributed by atoms with Crippen LogP contribution < -0.4 is 5.32 Å². The lowest BCUT2D eigenvalue weighted by molar-refractivity contribution is -0.346. The summed E-state index contributed by atoms with van der Waals surface area (Å²) in [6.07, 6.45) is -11.2. The van der Waals surface area contributed by atoms with Gasteiger partial charge in [0.15, 0.2) is 11.4 Å². The molecule has 342 valence electrons. The van der Waals surface area contributed by atoms with Crippen molar-refractivity contribution < 1.29 is 72.5 Å². The number of benzene rings is 2. The van der Waals surface area contributed by atoms with E-state index in [4.69, 9.17) is 28.4 Å². The second-order valence-electron chi connectivity index (χ2n) is 18.8. The number of fused-ring (bicyclic) bond motifs is 5. The lowest BCUT2D eigenvalue weighted by Gasteiger charge is -2.67. The van der Waals surface area contributed by atoms with Gasteiger partial charge in [-0.1, -0.05) is 69.3 Å². The van der Waals surface area contributed by atoms with E-state index in [9.17, 15) is 39.3 Å². The van der Waals surface area contributed by atoms with Crippen LogP contribution in [0.25, 0.3) is 0 Å². The van der Waals surface area contributed by atoms with Gasteiger partial charge in [-0.2, -0.15) is 0 Å². The van der Waals surface area contributed by atoms with E-state index >= 15 is 4.79 Å². The third-order valence-corrected chi connectivity index (χ3v) is 13.3. The number of alkyl carbamates (subject to hydrolysis) is 1. The summed E-state index contributed by atoms with van der Waals surface area (Å²) in [5, 5.41) is 40.6. The zero-order chi connectivity index (χ0) is 46.4. The van der Waals surface area contributed by atoms with Gasteiger partial charge in [-0.3, -0.25) is 14.4 Å². The number of esters is 4. The van der Waals surface area contributed by atoms with Gasteiger partial charge in [0, 0.05) is 31.6 Å². The number of carbonyl (C=O) groups excluding carboxylic acids is 6. The molecular weight excluding hydrogens is 819 g/mol. The molecule has 2 aromatic rings. The van der Waals surface area contributed by atoms with Crippen molar-refractivity contribution in [3.05, 3.63) is 82.9 Å². The Kier molecular flexibility index (Phi) is 13.1. The fraction of sp³-hybridized carbons (Fsp3) is 0.574. The van der Waals surface area contributed by atoms with E-state index in [-0.39, 0.29) is 36.2 Å². The Bertz CT molecular complexity index is 2130. The van der Waals surface area contributed by atoms with Crippen molar-refractivity contribution in [2.75, 3.05) is 6.61 Å². The van der Waals surface area contributed by atoms with E-state index < -0.39 is 118 Å². The number of rotatable bonds is 11. The summed E-state index contributed by atoms with van der Waals surface area (Å²) < 4.78 is 35.8. The SMILES string of the molecule is CCCC(=O)O[C@H](C(=O)O[C@H]1CC2(O)[C@H](OC(=O)c3ccccc3)[C@@H]3C(C)(C(=O)C(O)C(=C1C)C2(C)C)C(O)C[C@H]1OCC31OC(C)=O)C(NC(=O)OC(C)(C)C)c1ccccc1. The minimum absolute atomic E-state index is 0.0697. The average Bonchev–Trinajstić information content (AvgIpc) is 3.20. The molecule has 1 amide bonds. The summed E-state index contributed by atoms with van der Waals surface area (Å²) in [6.45, 7) is 13.5. The van der Waals surface area contributed by atoms with Gasteiger partial charge in [0.25, 0.3) is 0 Å². The quantitative estimate of drug-likeness (QED) is 0.137. The zero-order valence-electron chi connectivity index (χ0n) is 37.2. The molecule has 16 nitrogen and oxygen atoms in total. The van der Waals surface area contributed by atoms with Crippen LogP contribution in [0.3, 0.4) is 0 Å². The first-order valence-electron chi connectivity index (χ1n) is 21.3. The van der Waals surface area contributed by atoms with Crippen molar-refractivity contribution in [2.24, 2.45) is 16.7 Å². The second kappa shape index (κ2) is 17.4. The normalized spacial score (nSPS) is 31.8. The number of hydrogen-bond donors (Lipinski definition) is 4. The van der Waals surface area contributed by atoms with Gasteiger partial charge in [0.2, 0.25) is 6.10 Å². The van der Waals surface area contributed by atoms with Crippen LogP contribution in [0.5, 0.6) is 0 Å². The van der Waals surface area contributed by atoms with Crippen LogP contribution in [0.1, 0.15) is 110 Å². The van der Waals surface area contributed by atoms with Gasteiger partial charge in [-0.25, -0.2) is 14.4 Å². The van der Waals surface area contributed by atoms with E-state index in [0.29, 0.717) is 12.0 Å². The van der Waals surface area contributed by atoms with Crippen LogP contribution in [-0.2, 0) is 47.6 Å². The van der Waals surface area contributed by atoms with Gasteiger partial charge in [-0.15, -0.1) is 0 Å². The van der Waals surface area contributed by atoms with Gasteiger partial charge in [-0.05, 0) is 69.9 Å². The van der Waals surface area contributed by atoms with E-state index in [1.807, 2.05) is 0 Å². The van der Waals surface area contributed by atoms with Crippen molar-refractivity contribution in [3.63, 3.8) is 0 Å². The Morgan fingerprint density at radius 1 is 0.952 bits per heavy atom. The number of aliphatic hydroxyl groups excluding tert-OH is 2. The lowest BCUT2D eigenvalue weighted by Crippen LogP contribution is -2.81. The highest BCUT2D eigenvalue weighted by atomic mass is 16.6. The molecule has 6 unspecified atom stereocenters. The Morgan fingerprint density at radius 2 is 1.57 bits per heavy atom. The molecule has 3 aliphatic carbocycles. The predicted octanol–water partition coefficient (Wildman–Crippen LogP) is 4.61. The molecule has 2 aromatic carbocycles. The monoisotopic (exact) mass is 877 g/mol. The van der Waals surface area contributed by atoms with Gasteiger partial charge in [0.05, 0.1) is 29.6 Å². The maximum Gasteiger partial charge on any atom is 0.408 e. The summed E-state index contributed by atoms with van der Waals surface area (Å²) in [4.78, 5) is 83.7. The molecule has 4 aliphatic rings. The minimum Gasteiger partial charge on any atom is -0.455 e. The topological polar surface area (TPSA) is 231 Å². The molecule has 0 radical (unpaired) electrons. The number of ketones is 1. The maximum absolute atomic E-state index is 15.1. The summed E-state index contributed by atoms with van der Waals surface area (Å²) in [5.41, 5.74) is -8.32. The Balaban J connectivity index is 1.53. The van der Waals surface area contributed by atoms with Gasteiger partial charge in [0.1, 0.15) is 41.7 Å². The molecule has 0 spiro atoms. The first kappa shape index (κ1) is 47.3. The summed E-state index contributed by atoms with van der Waals surface area (Å²) in [7, 11) is 0. The lowest BCUT2D eigenvalue weighted by atomic mass is 9.44.